The summed E-state index contributed by atoms with van der Waals surface area (Å²) in [5, 5.41) is 14.9. The van der Waals surface area contributed by atoms with Gasteiger partial charge >= 0.3 is 5.97 Å². The first-order valence-corrected chi connectivity index (χ1v) is 6.17. The van der Waals surface area contributed by atoms with Crippen LogP contribution in [0.4, 0.5) is 0 Å². The molecule has 17 heavy (non-hydrogen) atoms. The molecule has 0 saturated carbocycles. The third kappa shape index (κ3) is 4.00. The monoisotopic (exact) mass is 242 g/mol. The summed E-state index contributed by atoms with van der Waals surface area (Å²) in [6, 6.07) is -0.111. The van der Waals surface area contributed by atoms with Gasteiger partial charge in [-0.05, 0) is 25.8 Å². The molecular weight excluding hydrogens is 220 g/mol. The predicted molar refractivity (Wildman–Crippen MR) is 64.6 cm³/mol. The van der Waals surface area contributed by atoms with Crippen LogP contribution >= 0.6 is 0 Å². The molecule has 0 bridgehead atoms. The Balaban J connectivity index is 2.54. The lowest BCUT2D eigenvalue weighted by Gasteiger charge is -2.23. The molecule has 1 heterocycles. The van der Waals surface area contributed by atoms with E-state index in [0.29, 0.717) is 0 Å². The fourth-order valence-corrected chi connectivity index (χ4v) is 2.15. The first-order chi connectivity index (χ1) is 7.91. The summed E-state index contributed by atoms with van der Waals surface area (Å²) in [6.45, 7) is 6.68. The molecule has 0 aromatic rings. The molecule has 0 aromatic heterocycles. The van der Waals surface area contributed by atoms with Crippen LogP contribution in [-0.4, -0.2) is 35.6 Å². The molecule has 0 aliphatic carbocycles. The molecule has 0 radical (unpaired) electrons. The van der Waals surface area contributed by atoms with E-state index in [1.807, 2.05) is 20.8 Å². The van der Waals surface area contributed by atoms with Crippen molar-refractivity contribution in [1.29, 1.82) is 0 Å². The summed E-state index contributed by atoms with van der Waals surface area (Å²) in [4.78, 5) is 22.7. The van der Waals surface area contributed by atoms with Gasteiger partial charge in [0.2, 0.25) is 5.91 Å². The number of nitrogens with one attached hydrogen (secondary N) is 2. The van der Waals surface area contributed by atoms with E-state index in [0.717, 1.165) is 13.0 Å². The van der Waals surface area contributed by atoms with Crippen molar-refractivity contribution in [2.24, 2.45) is 11.8 Å². The number of hydrogen-bond acceptors (Lipinski definition) is 3. The van der Waals surface area contributed by atoms with Crippen molar-refractivity contribution in [2.45, 2.75) is 45.7 Å². The molecule has 1 amide bonds. The number of carbonyl (C=O) groups is 2. The molecule has 3 unspecified atom stereocenters. The van der Waals surface area contributed by atoms with E-state index in [1.165, 1.54) is 0 Å². The smallest absolute Gasteiger partial charge is 0.305 e. The molecule has 5 heteroatoms. The first kappa shape index (κ1) is 14.0. The highest BCUT2D eigenvalue weighted by atomic mass is 16.4. The lowest BCUT2D eigenvalue weighted by molar-refractivity contribution is -0.138. The van der Waals surface area contributed by atoms with E-state index >= 15 is 0 Å². The summed E-state index contributed by atoms with van der Waals surface area (Å²) in [5.74, 6) is -0.811. The number of carboxylic acids is 1. The minimum atomic E-state index is -0.874. The average molecular weight is 242 g/mol. The second-order valence-electron chi connectivity index (χ2n) is 5.09. The fraction of sp³-hybridized carbons (Fsp3) is 0.833. The number of carboxylic acid groups (broad SMARTS) is 1. The first-order valence-electron chi connectivity index (χ1n) is 6.17. The van der Waals surface area contributed by atoms with E-state index < -0.39 is 5.97 Å². The van der Waals surface area contributed by atoms with Crippen molar-refractivity contribution in [1.82, 2.24) is 10.6 Å². The molecular formula is C12H22N2O3. The third-order valence-corrected chi connectivity index (χ3v) is 3.39. The van der Waals surface area contributed by atoms with Crippen LogP contribution < -0.4 is 10.6 Å². The van der Waals surface area contributed by atoms with E-state index in [2.05, 4.69) is 10.6 Å². The summed E-state index contributed by atoms with van der Waals surface area (Å²) in [7, 11) is 0. The van der Waals surface area contributed by atoms with E-state index in [4.69, 9.17) is 5.11 Å². The highest BCUT2D eigenvalue weighted by molar-refractivity contribution is 5.80. The van der Waals surface area contributed by atoms with Crippen LogP contribution in [0.25, 0.3) is 0 Å². The van der Waals surface area contributed by atoms with Crippen LogP contribution in [0, 0.1) is 11.8 Å². The van der Waals surface area contributed by atoms with Crippen molar-refractivity contribution >= 4 is 11.9 Å². The Morgan fingerprint density at radius 2 is 2.12 bits per heavy atom. The maximum Gasteiger partial charge on any atom is 0.305 e. The predicted octanol–water partition coefficient (Wildman–Crippen LogP) is 0.600. The zero-order valence-electron chi connectivity index (χ0n) is 10.7. The summed E-state index contributed by atoms with van der Waals surface area (Å²) >= 11 is 0. The Kier molecular flexibility index (Phi) is 4.93. The third-order valence-electron chi connectivity index (χ3n) is 3.39. The van der Waals surface area contributed by atoms with Gasteiger partial charge in [0.15, 0.2) is 0 Å². The number of hydrogen-bond donors (Lipinski definition) is 3. The van der Waals surface area contributed by atoms with Gasteiger partial charge in [0.25, 0.3) is 0 Å². The number of rotatable bonds is 5. The molecule has 98 valence electrons. The standard InChI is InChI=1S/C12H22N2O3/c1-7(2)10(6-11(15)16)14-12(17)9-4-5-13-8(9)3/h7-10,13H,4-6H2,1-3H3,(H,14,17)(H,15,16). The largest absolute Gasteiger partial charge is 0.481 e. The SMILES string of the molecule is CC(C)C(CC(=O)O)NC(=O)C1CCNC1C. The molecule has 1 saturated heterocycles. The topological polar surface area (TPSA) is 78.4 Å². The maximum atomic E-state index is 12.0. The molecule has 0 aromatic carbocycles. The molecule has 3 N–H and O–H groups in total. The van der Waals surface area contributed by atoms with Gasteiger partial charge in [-0.3, -0.25) is 9.59 Å². The van der Waals surface area contributed by atoms with Gasteiger partial charge in [-0.1, -0.05) is 13.8 Å². The Morgan fingerprint density at radius 1 is 1.47 bits per heavy atom. The Labute approximate surface area is 102 Å². The summed E-state index contributed by atoms with van der Waals surface area (Å²) in [5.41, 5.74) is 0. The second kappa shape index (κ2) is 6.00. The maximum absolute atomic E-state index is 12.0. The molecule has 3 atom stereocenters. The lowest BCUT2D eigenvalue weighted by Crippen LogP contribution is -2.45. The van der Waals surface area contributed by atoms with Gasteiger partial charge in [-0.25, -0.2) is 0 Å². The van der Waals surface area contributed by atoms with Gasteiger partial charge < -0.3 is 15.7 Å². The van der Waals surface area contributed by atoms with Crippen LogP contribution in [0.15, 0.2) is 0 Å². The highest BCUT2D eigenvalue weighted by Gasteiger charge is 2.31. The molecule has 1 rings (SSSR count). The van der Waals surface area contributed by atoms with Gasteiger partial charge in [0.05, 0.1) is 12.3 Å². The van der Waals surface area contributed by atoms with E-state index in [1.54, 1.807) is 0 Å². The second-order valence-corrected chi connectivity index (χ2v) is 5.09. The minimum Gasteiger partial charge on any atom is -0.481 e. The molecule has 1 fully saturated rings. The summed E-state index contributed by atoms with van der Waals surface area (Å²) < 4.78 is 0. The number of aliphatic carboxylic acids is 1. The van der Waals surface area contributed by atoms with Crippen LogP contribution in [0.5, 0.6) is 0 Å². The van der Waals surface area contributed by atoms with Gasteiger partial charge in [-0.15, -0.1) is 0 Å². The summed E-state index contributed by atoms with van der Waals surface area (Å²) in [6.07, 6.45) is 0.808. The zero-order valence-corrected chi connectivity index (χ0v) is 10.7. The highest BCUT2D eigenvalue weighted by Crippen LogP contribution is 2.16. The van der Waals surface area contributed by atoms with Gasteiger partial charge in [-0.2, -0.15) is 0 Å². The fourth-order valence-electron chi connectivity index (χ4n) is 2.15. The molecule has 0 spiro atoms. The molecule has 1 aliphatic heterocycles. The van der Waals surface area contributed by atoms with E-state index in [9.17, 15) is 9.59 Å². The number of carbonyl (C=O) groups excluding carboxylic acids is 1. The quantitative estimate of drug-likeness (QED) is 0.659. The van der Waals surface area contributed by atoms with Crippen molar-refractivity contribution in [2.75, 3.05) is 6.54 Å². The van der Waals surface area contributed by atoms with Crippen molar-refractivity contribution in [3.63, 3.8) is 0 Å². The van der Waals surface area contributed by atoms with Gasteiger partial charge in [0.1, 0.15) is 0 Å². The average Bonchev–Trinajstić information content (AvgIpc) is 2.62. The van der Waals surface area contributed by atoms with Crippen molar-refractivity contribution in [3.8, 4) is 0 Å². The molecule has 1 aliphatic rings. The van der Waals surface area contributed by atoms with E-state index in [-0.39, 0.29) is 36.2 Å². The Hall–Kier alpha value is -1.10. The van der Waals surface area contributed by atoms with Crippen molar-refractivity contribution in [3.05, 3.63) is 0 Å². The van der Waals surface area contributed by atoms with Gasteiger partial charge in [0, 0.05) is 12.1 Å². The lowest BCUT2D eigenvalue weighted by atomic mass is 9.97. The minimum absolute atomic E-state index is 0.0159. The number of amides is 1. The van der Waals surface area contributed by atoms with Crippen LogP contribution in [0.2, 0.25) is 0 Å². The van der Waals surface area contributed by atoms with Crippen LogP contribution in [0.1, 0.15) is 33.6 Å². The molecule has 5 nitrogen and oxygen atoms in total. The van der Waals surface area contributed by atoms with Crippen LogP contribution in [-0.2, 0) is 9.59 Å². The van der Waals surface area contributed by atoms with Crippen LogP contribution in [0.3, 0.4) is 0 Å². The Bertz CT molecular complexity index is 291. The Morgan fingerprint density at radius 3 is 2.53 bits per heavy atom. The van der Waals surface area contributed by atoms with Crippen molar-refractivity contribution < 1.29 is 14.7 Å². The zero-order chi connectivity index (χ0) is 13.0. The normalized spacial score (nSPS) is 25.9.